The van der Waals surface area contributed by atoms with E-state index in [0.717, 1.165) is 29.1 Å². The molecule has 4 nitrogen and oxygen atoms in total. The molecule has 2 unspecified atom stereocenters. The third kappa shape index (κ3) is 4.24. The smallest absolute Gasteiger partial charge is 0.174 e. The molecule has 33 heavy (non-hydrogen) atoms. The first-order chi connectivity index (χ1) is 16.0. The van der Waals surface area contributed by atoms with Crippen LogP contribution in [0.25, 0.3) is 11.3 Å². The van der Waals surface area contributed by atoms with E-state index in [-0.39, 0.29) is 12.1 Å². The van der Waals surface area contributed by atoms with Crippen molar-refractivity contribution in [2.45, 2.75) is 25.4 Å². The summed E-state index contributed by atoms with van der Waals surface area (Å²) in [5.41, 5.74) is 3.94. The van der Waals surface area contributed by atoms with Crippen LogP contribution in [0.4, 0.5) is 5.69 Å². The highest BCUT2D eigenvalue weighted by Gasteiger charge is 2.42. The SMILES string of the molecule is CCc1ccc(N2C(=S)NC(c3ccccn3)C2c2ccc(-c3ccc(Cl)cc3Cl)o2)cc1. The molecule has 4 aromatic rings. The number of nitrogens with zero attached hydrogens (tertiary/aromatic N) is 2. The summed E-state index contributed by atoms with van der Waals surface area (Å²) in [6.07, 6.45) is 2.77. The van der Waals surface area contributed by atoms with Gasteiger partial charge in [-0.2, -0.15) is 0 Å². The Morgan fingerprint density at radius 3 is 2.55 bits per heavy atom. The summed E-state index contributed by atoms with van der Waals surface area (Å²) in [4.78, 5) is 6.69. The zero-order chi connectivity index (χ0) is 22.9. The molecule has 0 saturated carbocycles. The summed E-state index contributed by atoms with van der Waals surface area (Å²) in [7, 11) is 0. The van der Waals surface area contributed by atoms with Crippen LogP contribution in [0.15, 0.2) is 83.4 Å². The maximum absolute atomic E-state index is 6.44. The lowest BCUT2D eigenvalue weighted by atomic mass is 10.0. The molecule has 0 spiro atoms. The Labute approximate surface area is 208 Å². The molecule has 5 rings (SSSR count). The second-order valence-corrected chi connectivity index (χ2v) is 9.07. The molecule has 0 amide bonds. The van der Waals surface area contributed by atoms with Gasteiger partial charge in [0.05, 0.1) is 16.8 Å². The van der Waals surface area contributed by atoms with Crippen LogP contribution in [0.5, 0.6) is 0 Å². The van der Waals surface area contributed by atoms with Crippen LogP contribution in [-0.2, 0) is 6.42 Å². The zero-order valence-electron chi connectivity index (χ0n) is 17.8. The molecule has 2 atom stereocenters. The number of benzene rings is 2. The first-order valence-corrected chi connectivity index (χ1v) is 11.9. The molecule has 1 aliphatic rings. The van der Waals surface area contributed by atoms with Gasteiger partial charge in [0.1, 0.15) is 17.6 Å². The van der Waals surface area contributed by atoms with Crippen LogP contribution >= 0.6 is 35.4 Å². The Morgan fingerprint density at radius 1 is 1.03 bits per heavy atom. The van der Waals surface area contributed by atoms with Crippen LogP contribution < -0.4 is 10.2 Å². The van der Waals surface area contributed by atoms with Crippen LogP contribution in [0.2, 0.25) is 10.0 Å². The fourth-order valence-corrected chi connectivity index (χ4v) is 5.01. The monoisotopic (exact) mass is 493 g/mol. The van der Waals surface area contributed by atoms with Gasteiger partial charge < -0.3 is 14.6 Å². The highest BCUT2D eigenvalue weighted by atomic mass is 35.5. The van der Waals surface area contributed by atoms with E-state index < -0.39 is 0 Å². The number of hydrogen-bond donors (Lipinski definition) is 1. The van der Waals surface area contributed by atoms with E-state index in [1.165, 1.54) is 5.56 Å². The highest BCUT2D eigenvalue weighted by Crippen LogP contribution is 2.43. The highest BCUT2D eigenvalue weighted by molar-refractivity contribution is 7.80. The Morgan fingerprint density at radius 2 is 1.85 bits per heavy atom. The van der Waals surface area contributed by atoms with Gasteiger partial charge in [-0.3, -0.25) is 4.98 Å². The van der Waals surface area contributed by atoms with Crippen molar-refractivity contribution >= 4 is 46.2 Å². The lowest BCUT2D eigenvalue weighted by molar-refractivity contribution is 0.439. The maximum Gasteiger partial charge on any atom is 0.174 e. The number of aromatic nitrogens is 1. The third-order valence-electron chi connectivity index (χ3n) is 5.84. The molecule has 1 saturated heterocycles. The number of pyridine rings is 1. The van der Waals surface area contributed by atoms with Crippen LogP contribution in [-0.4, -0.2) is 10.1 Å². The first kappa shape index (κ1) is 22.0. The van der Waals surface area contributed by atoms with Gasteiger partial charge in [-0.05, 0) is 78.8 Å². The second-order valence-electron chi connectivity index (χ2n) is 7.84. The van der Waals surface area contributed by atoms with Gasteiger partial charge in [-0.25, -0.2) is 0 Å². The van der Waals surface area contributed by atoms with Crippen LogP contribution in [0, 0.1) is 0 Å². The van der Waals surface area contributed by atoms with Gasteiger partial charge in [0.15, 0.2) is 5.11 Å². The van der Waals surface area contributed by atoms with Crippen LogP contribution in [0.1, 0.15) is 36.0 Å². The van der Waals surface area contributed by atoms with Gasteiger partial charge in [0.25, 0.3) is 0 Å². The van der Waals surface area contributed by atoms with Crippen molar-refractivity contribution in [1.29, 1.82) is 0 Å². The molecule has 1 aliphatic heterocycles. The Kier molecular flexibility index (Phi) is 6.11. The average molecular weight is 494 g/mol. The number of aryl methyl sites for hydroxylation is 1. The van der Waals surface area contributed by atoms with Crippen molar-refractivity contribution in [3.05, 3.63) is 106 Å². The maximum atomic E-state index is 6.44. The third-order valence-corrected chi connectivity index (χ3v) is 6.70. The molecular formula is C26H21Cl2N3OS. The summed E-state index contributed by atoms with van der Waals surface area (Å²) in [6, 6.07) is 23.2. The minimum absolute atomic E-state index is 0.177. The molecule has 1 N–H and O–H groups in total. The summed E-state index contributed by atoms with van der Waals surface area (Å²) in [5, 5.41) is 5.20. The van der Waals surface area contributed by atoms with Gasteiger partial charge in [-0.1, -0.05) is 48.3 Å². The molecule has 7 heteroatoms. The van der Waals surface area contributed by atoms with Crippen molar-refractivity contribution in [3.8, 4) is 11.3 Å². The molecule has 166 valence electrons. The summed E-state index contributed by atoms with van der Waals surface area (Å²) < 4.78 is 6.37. The normalized spacial score (nSPS) is 17.9. The Balaban J connectivity index is 1.59. The van der Waals surface area contributed by atoms with Crippen molar-refractivity contribution < 1.29 is 4.42 Å². The van der Waals surface area contributed by atoms with Gasteiger partial charge in [0.2, 0.25) is 0 Å². The summed E-state index contributed by atoms with van der Waals surface area (Å²) >= 11 is 18.3. The number of hydrogen-bond acceptors (Lipinski definition) is 3. The quantitative estimate of drug-likeness (QED) is 0.293. The van der Waals surface area contributed by atoms with Gasteiger partial charge >= 0.3 is 0 Å². The number of rotatable bonds is 5. The minimum atomic E-state index is -0.222. The fraction of sp³-hybridized carbons (Fsp3) is 0.154. The lowest BCUT2D eigenvalue weighted by Crippen LogP contribution is -2.29. The predicted octanol–water partition coefficient (Wildman–Crippen LogP) is 7.39. The number of anilines is 1. The molecule has 0 bridgehead atoms. The molecule has 2 aromatic heterocycles. The van der Waals surface area contributed by atoms with E-state index in [4.69, 9.17) is 39.8 Å². The second kappa shape index (κ2) is 9.18. The van der Waals surface area contributed by atoms with E-state index >= 15 is 0 Å². The Hall–Kier alpha value is -2.86. The average Bonchev–Trinajstić information content (AvgIpc) is 3.44. The molecule has 2 aromatic carbocycles. The molecular weight excluding hydrogens is 473 g/mol. The van der Waals surface area contributed by atoms with E-state index in [0.29, 0.717) is 20.9 Å². The van der Waals surface area contributed by atoms with E-state index in [9.17, 15) is 0 Å². The van der Waals surface area contributed by atoms with E-state index in [1.54, 1.807) is 18.3 Å². The summed E-state index contributed by atoms with van der Waals surface area (Å²) in [6.45, 7) is 2.14. The minimum Gasteiger partial charge on any atom is -0.459 e. The first-order valence-electron chi connectivity index (χ1n) is 10.7. The topological polar surface area (TPSA) is 41.3 Å². The van der Waals surface area contributed by atoms with Crippen molar-refractivity contribution in [1.82, 2.24) is 10.3 Å². The number of nitrogens with one attached hydrogen (secondary N) is 1. The van der Waals surface area contributed by atoms with Crippen LogP contribution in [0.3, 0.4) is 0 Å². The predicted molar refractivity (Wildman–Crippen MR) is 138 cm³/mol. The molecule has 0 aliphatic carbocycles. The molecule has 3 heterocycles. The Bertz CT molecular complexity index is 1290. The standard InChI is InChI=1S/C26H21Cl2N3OS/c1-2-16-6-9-18(10-7-16)31-25(24(30-26(31)33)21-5-3-4-14-29-21)23-13-12-22(32-23)19-11-8-17(27)15-20(19)28/h3-15,24-25H,2H2,1H3,(H,30,33). The summed E-state index contributed by atoms with van der Waals surface area (Å²) in [5.74, 6) is 1.43. The van der Waals surface area contributed by atoms with E-state index in [2.05, 4.69) is 46.4 Å². The van der Waals surface area contributed by atoms with Gasteiger partial charge in [0, 0.05) is 22.5 Å². The van der Waals surface area contributed by atoms with Crippen molar-refractivity contribution in [2.75, 3.05) is 4.90 Å². The number of furan rings is 1. The lowest BCUT2D eigenvalue weighted by Gasteiger charge is -2.26. The van der Waals surface area contributed by atoms with E-state index in [1.807, 2.05) is 36.4 Å². The molecule has 1 fully saturated rings. The van der Waals surface area contributed by atoms with Crippen molar-refractivity contribution in [2.24, 2.45) is 0 Å². The zero-order valence-corrected chi connectivity index (χ0v) is 20.2. The van der Waals surface area contributed by atoms with Crippen molar-refractivity contribution in [3.63, 3.8) is 0 Å². The largest absolute Gasteiger partial charge is 0.459 e. The fourth-order valence-electron chi connectivity index (χ4n) is 4.16. The van der Waals surface area contributed by atoms with Gasteiger partial charge in [-0.15, -0.1) is 0 Å². The number of halogens is 2. The number of thiocarbonyl (C=S) groups is 1. The molecule has 0 radical (unpaired) electrons.